The minimum Gasteiger partial charge on any atom is -0.494 e. The molecule has 0 bridgehead atoms. The third-order valence-electron chi connectivity index (χ3n) is 2.93. The molecule has 2 rings (SSSR count). The maximum absolute atomic E-state index is 5.89. The van der Waals surface area contributed by atoms with Gasteiger partial charge >= 0.3 is 0 Å². The first-order chi connectivity index (χ1) is 10.3. The van der Waals surface area contributed by atoms with Crippen LogP contribution in [-0.2, 0) is 0 Å². The van der Waals surface area contributed by atoms with Crippen molar-refractivity contribution in [3.63, 3.8) is 0 Å². The highest BCUT2D eigenvalue weighted by molar-refractivity contribution is 6.30. The summed E-state index contributed by atoms with van der Waals surface area (Å²) in [6, 6.07) is 15.1. The number of unbranched alkanes of at least 4 members (excludes halogenated alkanes) is 1. The molecule has 0 N–H and O–H groups in total. The van der Waals surface area contributed by atoms with E-state index in [0.29, 0.717) is 18.2 Å². The first-order valence-electron chi connectivity index (χ1n) is 6.94. The summed E-state index contributed by atoms with van der Waals surface area (Å²) < 4.78 is 16.5. The molecule has 0 aliphatic carbocycles. The van der Waals surface area contributed by atoms with Crippen molar-refractivity contribution in [2.24, 2.45) is 0 Å². The number of methoxy groups -OCH3 is 1. The molecule has 112 valence electrons. The van der Waals surface area contributed by atoms with Gasteiger partial charge in [-0.3, -0.25) is 0 Å². The van der Waals surface area contributed by atoms with Crippen molar-refractivity contribution in [3.05, 3.63) is 53.6 Å². The Morgan fingerprint density at radius 1 is 0.857 bits per heavy atom. The zero-order valence-electron chi connectivity index (χ0n) is 12.0. The highest BCUT2D eigenvalue weighted by Crippen LogP contribution is 2.25. The molecule has 0 aliphatic rings. The van der Waals surface area contributed by atoms with Crippen molar-refractivity contribution in [1.29, 1.82) is 0 Å². The zero-order valence-corrected chi connectivity index (χ0v) is 12.8. The molecule has 0 amide bonds. The minimum absolute atomic E-state index is 0.638. The Hall–Kier alpha value is -1.87. The third-order valence-corrected chi connectivity index (χ3v) is 3.17. The van der Waals surface area contributed by atoms with E-state index >= 15 is 0 Å². The van der Waals surface area contributed by atoms with Gasteiger partial charge in [-0.05, 0) is 43.2 Å². The molecule has 0 aromatic heterocycles. The molecule has 0 atom stereocenters. The van der Waals surface area contributed by atoms with E-state index in [0.717, 1.165) is 30.1 Å². The van der Waals surface area contributed by atoms with Crippen LogP contribution >= 0.6 is 11.6 Å². The average molecular weight is 307 g/mol. The Bertz CT molecular complexity index is 557. The van der Waals surface area contributed by atoms with E-state index in [-0.39, 0.29) is 0 Å². The van der Waals surface area contributed by atoms with Crippen LogP contribution in [0.5, 0.6) is 17.2 Å². The molecule has 0 heterocycles. The Balaban J connectivity index is 1.64. The number of rotatable bonds is 8. The van der Waals surface area contributed by atoms with Gasteiger partial charge in [0.2, 0.25) is 0 Å². The largest absolute Gasteiger partial charge is 0.494 e. The molecule has 0 unspecified atom stereocenters. The number of hydrogen-bond donors (Lipinski definition) is 0. The summed E-state index contributed by atoms with van der Waals surface area (Å²) in [5.74, 6) is 2.33. The number of benzene rings is 2. The second-order valence-corrected chi connectivity index (χ2v) is 4.95. The van der Waals surface area contributed by atoms with Crippen LogP contribution in [0.15, 0.2) is 48.5 Å². The van der Waals surface area contributed by atoms with Gasteiger partial charge in [0, 0.05) is 5.02 Å². The fourth-order valence-electron chi connectivity index (χ4n) is 1.87. The molecule has 2 aromatic carbocycles. The van der Waals surface area contributed by atoms with Crippen LogP contribution in [0, 0.1) is 0 Å². The van der Waals surface area contributed by atoms with Gasteiger partial charge < -0.3 is 14.2 Å². The predicted octanol–water partition coefficient (Wildman–Crippen LogP) is 4.59. The van der Waals surface area contributed by atoms with Gasteiger partial charge in [0.05, 0.1) is 20.3 Å². The Labute approximate surface area is 130 Å². The third kappa shape index (κ3) is 5.20. The van der Waals surface area contributed by atoms with Crippen molar-refractivity contribution in [2.45, 2.75) is 12.8 Å². The highest BCUT2D eigenvalue weighted by atomic mass is 35.5. The van der Waals surface area contributed by atoms with Gasteiger partial charge in [-0.15, -0.1) is 0 Å². The number of ether oxygens (including phenoxy) is 3. The lowest BCUT2D eigenvalue weighted by Crippen LogP contribution is -2.03. The molecule has 0 radical (unpaired) electrons. The van der Waals surface area contributed by atoms with Crippen LogP contribution in [0.2, 0.25) is 5.02 Å². The van der Waals surface area contributed by atoms with Crippen molar-refractivity contribution >= 4 is 11.6 Å². The lowest BCUT2D eigenvalue weighted by Gasteiger charge is -2.10. The van der Waals surface area contributed by atoms with Crippen molar-refractivity contribution < 1.29 is 14.2 Å². The zero-order chi connectivity index (χ0) is 14.9. The first-order valence-corrected chi connectivity index (χ1v) is 7.31. The lowest BCUT2D eigenvalue weighted by atomic mass is 10.3. The first kappa shape index (κ1) is 15.5. The summed E-state index contributed by atoms with van der Waals surface area (Å²) >= 11 is 5.89. The molecule has 21 heavy (non-hydrogen) atoms. The molecule has 2 aromatic rings. The monoisotopic (exact) mass is 306 g/mol. The molecule has 0 saturated carbocycles. The van der Waals surface area contributed by atoms with Gasteiger partial charge in [0.1, 0.15) is 5.75 Å². The van der Waals surface area contributed by atoms with Gasteiger partial charge in [-0.2, -0.15) is 0 Å². The Kier molecular flexibility index (Phi) is 6.22. The smallest absolute Gasteiger partial charge is 0.161 e. The standard InChI is InChI=1S/C17H19ClO3/c1-19-16-9-2-3-10-17(16)21-12-5-4-11-20-15-8-6-7-14(18)13-15/h2-3,6-10,13H,4-5,11-12H2,1H3. The van der Waals surface area contributed by atoms with Gasteiger partial charge in [-0.25, -0.2) is 0 Å². The SMILES string of the molecule is COc1ccccc1OCCCCOc1cccc(Cl)c1. The highest BCUT2D eigenvalue weighted by Gasteiger charge is 2.02. The Morgan fingerprint density at radius 3 is 2.29 bits per heavy atom. The second-order valence-electron chi connectivity index (χ2n) is 4.51. The number of hydrogen-bond acceptors (Lipinski definition) is 3. The maximum Gasteiger partial charge on any atom is 0.161 e. The quantitative estimate of drug-likeness (QED) is 0.668. The predicted molar refractivity (Wildman–Crippen MR) is 84.7 cm³/mol. The fraction of sp³-hybridized carbons (Fsp3) is 0.294. The summed E-state index contributed by atoms with van der Waals surface area (Å²) in [7, 11) is 1.64. The number of para-hydroxylation sites is 2. The van der Waals surface area contributed by atoms with E-state index in [1.165, 1.54) is 0 Å². The van der Waals surface area contributed by atoms with E-state index in [1.807, 2.05) is 48.5 Å². The topological polar surface area (TPSA) is 27.7 Å². The van der Waals surface area contributed by atoms with Crippen molar-refractivity contribution in [1.82, 2.24) is 0 Å². The molecular weight excluding hydrogens is 288 g/mol. The van der Waals surface area contributed by atoms with Crippen LogP contribution in [0.4, 0.5) is 0 Å². The van der Waals surface area contributed by atoms with Gasteiger partial charge in [0.25, 0.3) is 0 Å². The van der Waals surface area contributed by atoms with Crippen LogP contribution < -0.4 is 14.2 Å². The van der Waals surface area contributed by atoms with E-state index in [4.69, 9.17) is 25.8 Å². The molecule has 0 saturated heterocycles. The second kappa shape index (κ2) is 8.42. The van der Waals surface area contributed by atoms with E-state index in [9.17, 15) is 0 Å². The fourth-order valence-corrected chi connectivity index (χ4v) is 2.05. The molecular formula is C17H19ClO3. The van der Waals surface area contributed by atoms with Gasteiger partial charge in [0.15, 0.2) is 11.5 Å². The summed E-state index contributed by atoms with van der Waals surface area (Å²) in [5.41, 5.74) is 0. The molecule has 0 aliphatic heterocycles. The van der Waals surface area contributed by atoms with Crippen LogP contribution in [0.3, 0.4) is 0 Å². The molecule has 0 spiro atoms. The van der Waals surface area contributed by atoms with Crippen molar-refractivity contribution in [2.75, 3.05) is 20.3 Å². The average Bonchev–Trinajstić information content (AvgIpc) is 2.51. The summed E-state index contributed by atoms with van der Waals surface area (Å²) in [6.07, 6.45) is 1.83. The number of halogens is 1. The Morgan fingerprint density at radius 2 is 1.57 bits per heavy atom. The summed E-state index contributed by atoms with van der Waals surface area (Å²) in [5, 5.41) is 0.687. The molecule has 4 heteroatoms. The van der Waals surface area contributed by atoms with Crippen LogP contribution in [0.1, 0.15) is 12.8 Å². The summed E-state index contributed by atoms with van der Waals surface area (Å²) in [6.45, 7) is 1.29. The minimum atomic E-state index is 0.638. The summed E-state index contributed by atoms with van der Waals surface area (Å²) in [4.78, 5) is 0. The lowest BCUT2D eigenvalue weighted by molar-refractivity contribution is 0.258. The van der Waals surface area contributed by atoms with Crippen LogP contribution in [-0.4, -0.2) is 20.3 Å². The maximum atomic E-state index is 5.89. The normalized spacial score (nSPS) is 10.2. The van der Waals surface area contributed by atoms with Crippen molar-refractivity contribution in [3.8, 4) is 17.2 Å². The van der Waals surface area contributed by atoms with E-state index in [1.54, 1.807) is 7.11 Å². The molecule has 3 nitrogen and oxygen atoms in total. The van der Waals surface area contributed by atoms with E-state index < -0.39 is 0 Å². The molecule has 0 fully saturated rings. The van der Waals surface area contributed by atoms with Crippen LogP contribution in [0.25, 0.3) is 0 Å². The van der Waals surface area contributed by atoms with Gasteiger partial charge in [-0.1, -0.05) is 29.8 Å². The van der Waals surface area contributed by atoms with E-state index in [2.05, 4.69) is 0 Å².